The molecule has 132 valence electrons. The number of nitrogens with zero attached hydrogens (tertiary/aromatic N) is 5. The van der Waals surface area contributed by atoms with Crippen LogP contribution in [0.5, 0.6) is 0 Å². The zero-order valence-corrected chi connectivity index (χ0v) is 14.6. The lowest BCUT2D eigenvalue weighted by Gasteiger charge is -2.19. The Morgan fingerprint density at radius 2 is 2.00 bits per heavy atom. The number of nitrogens with one attached hydrogen (secondary N) is 2. The van der Waals surface area contributed by atoms with Crippen molar-refractivity contribution in [2.45, 2.75) is 0 Å². The van der Waals surface area contributed by atoms with Gasteiger partial charge in [0.15, 0.2) is 17.0 Å². The number of rotatable bonds is 6. The number of H-pyrrole nitrogens is 1. The van der Waals surface area contributed by atoms with Crippen LogP contribution < -0.4 is 10.2 Å². The van der Waals surface area contributed by atoms with Crippen LogP contribution in [0.25, 0.3) is 21.9 Å². The molecule has 0 unspecified atom stereocenters. The first-order valence-electron chi connectivity index (χ1n) is 8.27. The van der Waals surface area contributed by atoms with E-state index in [4.69, 9.17) is 4.74 Å². The molecule has 0 saturated heterocycles. The van der Waals surface area contributed by atoms with Crippen molar-refractivity contribution in [1.82, 2.24) is 25.1 Å². The number of hydrogen-bond acceptors (Lipinski definition) is 7. The second-order valence-electron chi connectivity index (χ2n) is 5.94. The maximum absolute atomic E-state index is 5.16. The number of methoxy groups -OCH3 is 1. The van der Waals surface area contributed by atoms with E-state index in [1.165, 1.54) is 0 Å². The van der Waals surface area contributed by atoms with E-state index in [1.54, 1.807) is 19.5 Å². The predicted molar refractivity (Wildman–Crippen MR) is 102 cm³/mol. The van der Waals surface area contributed by atoms with E-state index in [1.807, 2.05) is 25.4 Å². The fraction of sp³-hybridized carbons (Fsp3) is 0.222. The van der Waals surface area contributed by atoms with E-state index in [9.17, 15) is 0 Å². The van der Waals surface area contributed by atoms with Gasteiger partial charge in [-0.1, -0.05) is 0 Å². The van der Waals surface area contributed by atoms with Gasteiger partial charge in [0, 0.05) is 50.4 Å². The molecule has 0 fully saturated rings. The van der Waals surface area contributed by atoms with Gasteiger partial charge >= 0.3 is 0 Å². The lowest BCUT2D eigenvalue weighted by atomic mass is 10.1. The Hall–Kier alpha value is -3.26. The van der Waals surface area contributed by atoms with Crippen molar-refractivity contribution in [3.05, 3.63) is 42.9 Å². The topological polar surface area (TPSA) is 91.8 Å². The Kier molecular flexibility index (Phi) is 4.32. The molecule has 3 aromatic heterocycles. The molecule has 0 bridgehead atoms. The average Bonchev–Trinajstić information content (AvgIpc) is 3.08. The molecule has 0 spiro atoms. The summed E-state index contributed by atoms with van der Waals surface area (Å²) in [5, 5.41) is 12.6. The van der Waals surface area contributed by atoms with Crippen LogP contribution >= 0.6 is 0 Å². The second-order valence-corrected chi connectivity index (χ2v) is 5.94. The molecule has 0 aliphatic rings. The zero-order valence-electron chi connectivity index (χ0n) is 14.6. The number of ether oxygens (including phenoxy) is 1. The smallest absolute Gasteiger partial charge is 0.180 e. The standard InChI is InChI=1S/C18H19N7O/c1-25(9-10-26-2)18-14-4-3-13(11-12(14)5-6-21-18)22-17-15-16(23-24-17)20-8-7-19-15/h3-8,11H,9-10H2,1-2H3,(H2,20,22,23,24). The number of hydrogen-bond donors (Lipinski definition) is 2. The van der Waals surface area contributed by atoms with Gasteiger partial charge in [0.05, 0.1) is 6.61 Å². The number of fused-ring (bicyclic) bond motifs is 2. The zero-order chi connectivity index (χ0) is 17.9. The monoisotopic (exact) mass is 349 g/mol. The summed E-state index contributed by atoms with van der Waals surface area (Å²) in [6.45, 7) is 1.43. The van der Waals surface area contributed by atoms with Crippen LogP contribution in [0.15, 0.2) is 42.9 Å². The minimum absolute atomic E-state index is 0.652. The fourth-order valence-corrected chi connectivity index (χ4v) is 2.86. The highest BCUT2D eigenvalue weighted by Gasteiger charge is 2.10. The van der Waals surface area contributed by atoms with Gasteiger partial charge in [-0.25, -0.2) is 15.0 Å². The first kappa shape index (κ1) is 16.2. The highest BCUT2D eigenvalue weighted by Crippen LogP contribution is 2.28. The van der Waals surface area contributed by atoms with Gasteiger partial charge in [0.1, 0.15) is 5.82 Å². The first-order valence-corrected chi connectivity index (χ1v) is 8.27. The van der Waals surface area contributed by atoms with Gasteiger partial charge in [-0.3, -0.25) is 5.10 Å². The molecule has 4 rings (SSSR count). The van der Waals surface area contributed by atoms with Crippen molar-refractivity contribution in [2.75, 3.05) is 37.5 Å². The van der Waals surface area contributed by atoms with E-state index in [-0.39, 0.29) is 0 Å². The molecular weight excluding hydrogens is 330 g/mol. The van der Waals surface area contributed by atoms with Crippen LogP contribution in [-0.2, 0) is 4.74 Å². The molecule has 4 aromatic rings. The van der Waals surface area contributed by atoms with Crippen molar-refractivity contribution in [3.63, 3.8) is 0 Å². The third-order valence-electron chi connectivity index (χ3n) is 4.19. The predicted octanol–water partition coefficient (Wildman–Crippen LogP) is 2.73. The summed E-state index contributed by atoms with van der Waals surface area (Å²) in [7, 11) is 3.72. The second kappa shape index (κ2) is 6.93. The van der Waals surface area contributed by atoms with Crippen LogP contribution in [0.3, 0.4) is 0 Å². The Labute approximate surface area is 150 Å². The summed E-state index contributed by atoms with van der Waals surface area (Å²) < 4.78 is 5.16. The molecule has 0 amide bonds. The number of pyridine rings is 1. The molecule has 0 saturated carbocycles. The summed E-state index contributed by atoms with van der Waals surface area (Å²) >= 11 is 0. The molecule has 8 heteroatoms. The van der Waals surface area contributed by atoms with E-state index in [2.05, 4.69) is 47.5 Å². The highest BCUT2D eigenvalue weighted by molar-refractivity contribution is 5.95. The molecule has 2 N–H and O–H groups in total. The Morgan fingerprint density at radius 3 is 2.88 bits per heavy atom. The first-order chi connectivity index (χ1) is 12.8. The molecule has 8 nitrogen and oxygen atoms in total. The highest BCUT2D eigenvalue weighted by atomic mass is 16.5. The van der Waals surface area contributed by atoms with Crippen molar-refractivity contribution in [3.8, 4) is 0 Å². The van der Waals surface area contributed by atoms with E-state index in [0.717, 1.165) is 28.8 Å². The van der Waals surface area contributed by atoms with Gasteiger partial charge in [-0.2, -0.15) is 5.10 Å². The van der Waals surface area contributed by atoms with E-state index < -0.39 is 0 Å². The quantitative estimate of drug-likeness (QED) is 0.553. The number of likely N-dealkylation sites (N-methyl/N-ethyl adjacent to an activating group) is 1. The maximum Gasteiger partial charge on any atom is 0.180 e. The minimum Gasteiger partial charge on any atom is -0.383 e. The molecule has 26 heavy (non-hydrogen) atoms. The lowest BCUT2D eigenvalue weighted by molar-refractivity contribution is 0.206. The lowest BCUT2D eigenvalue weighted by Crippen LogP contribution is -2.23. The van der Waals surface area contributed by atoms with Gasteiger partial charge in [-0.05, 0) is 29.7 Å². The van der Waals surface area contributed by atoms with Crippen LogP contribution in [0.1, 0.15) is 0 Å². The maximum atomic E-state index is 5.16. The summed E-state index contributed by atoms with van der Waals surface area (Å²) in [4.78, 5) is 15.1. The van der Waals surface area contributed by atoms with Gasteiger partial charge in [0.25, 0.3) is 0 Å². The van der Waals surface area contributed by atoms with Crippen LogP contribution in [0.2, 0.25) is 0 Å². The molecule has 0 aliphatic carbocycles. The number of anilines is 3. The average molecular weight is 349 g/mol. The number of aromatic nitrogens is 5. The van der Waals surface area contributed by atoms with Gasteiger partial charge in [-0.15, -0.1) is 0 Å². The van der Waals surface area contributed by atoms with Crippen LogP contribution in [0, 0.1) is 0 Å². The SMILES string of the molecule is COCCN(C)c1nccc2cc(Nc3n[nH]c4nccnc34)ccc12. The molecular formula is C18H19N7O. The van der Waals surface area contributed by atoms with Gasteiger partial charge < -0.3 is 15.0 Å². The molecule has 0 aliphatic heterocycles. The Bertz CT molecular complexity index is 1050. The van der Waals surface area contributed by atoms with Crippen molar-refractivity contribution >= 4 is 39.3 Å². The van der Waals surface area contributed by atoms with E-state index >= 15 is 0 Å². The summed E-state index contributed by atoms with van der Waals surface area (Å²) in [6, 6.07) is 8.14. The third-order valence-corrected chi connectivity index (χ3v) is 4.19. The van der Waals surface area contributed by atoms with Crippen molar-refractivity contribution in [2.24, 2.45) is 0 Å². The van der Waals surface area contributed by atoms with Gasteiger partial charge in [0.2, 0.25) is 0 Å². The third kappa shape index (κ3) is 3.02. The normalized spacial score (nSPS) is 11.2. The van der Waals surface area contributed by atoms with E-state index in [0.29, 0.717) is 23.6 Å². The number of aromatic amines is 1. The largest absolute Gasteiger partial charge is 0.383 e. The summed E-state index contributed by atoms with van der Waals surface area (Å²) in [5.74, 6) is 1.58. The fourth-order valence-electron chi connectivity index (χ4n) is 2.86. The molecule has 3 heterocycles. The Morgan fingerprint density at radius 1 is 1.12 bits per heavy atom. The van der Waals surface area contributed by atoms with Crippen LogP contribution in [0.4, 0.5) is 17.3 Å². The Balaban J connectivity index is 1.66. The summed E-state index contributed by atoms with van der Waals surface area (Å²) in [6.07, 6.45) is 5.10. The van der Waals surface area contributed by atoms with Crippen LogP contribution in [-0.4, -0.2) is 52.5 Å². The molecule has 0 radical (unpaired) electrons. The van der Waals surface area contributed by atoms with Crippen molar-refractivity contribution in [1.29, 1.82) is 0 Å². The molecule has 1 aromatic carbocycles. The summed E-state index contributed by atoms with van der Waals surface area (Å²) in [5.41, 5.74) is 2.29. The number of benzene rings is 1. The van der Waals surface area contributed by atoms with Crippen molar-refractivity contribution < 1.29 is 4.74 Å². The minimum atomic E-state index is 0.652. The molecule has 0 atom stereocenters.